The number of fused-ring (bicyclic) bond motifs is 2. The van der Waals surface area contributed by atoms with Gasteiger partial charge in [-0.05, 0) is 32.6 Å². The van der Waals surface area contributed by atoms with Gasteiger partial charge in [0.25, 0.3) is 0 Å². The number of aliphatic hydroxyl groups is 1. The number of ketones is 1. The maximum atomic E-state index is 12.4. The fraction of sp³-hybridized carbons (Fsp3) is 0.923. The van der Waals surface area contributed by atoms with Gasteiger partial charge in [0.1, 0.15) is 5.78 Å². The summed E-state index contributed by atoms with van der Waals surface area (Å²) in [6.45, 7) is 3.94. The predicted octanol–water partition coefficient (Wildman–Crippen LogP) is 2.69. The highest BCUT2D eigenvalue weighted by molar-refractivity contribution is 5.88. The van der Waals surface area contributed by atoms with Crippen molar-refractivity contribution >= 4 is 5.78 Å². The van der Waals surface area contributed by atoms with Crippen LogP contribution in [0.2, 0.25) is 0 Å². The average molecular weight is 210 g/mol. The van der Waals surface area contributed by atoms with Crippen LogP contribution in [-0.2, 0) is 4.79 Å². The van der Waals surface area contributed by atoms with Crippen LogP contribution in [0.5, 0.6) is 0 Å². The molecule has 3 atom stereocenters. The highest BCUT2D eigenvalue weighted by atomic mass is 16.3. The van der Waals surface area contributed by atoms with E-state index in [4.69, 9.17) is 0 Å². The number of carbonyl (C=O) groups excluding carboxylic acids is 1. The minimum atomic E-state index is -0.742. The van der Waals surface area contributed by atoms with E-state index in [0.29, 0.717) is 5.78 Å². The molecular formula is C13H22O2. The van der Waals surface area contributed by atoms with Crippen LogP contribution in [0, 0.1) is 11.3 Å². The molecule has 0 spiro atoms. The van der Waals surface area contributed by atoms with Gasteiger partial charge in [0.15, 0.2) is 0 Å². The standard InChI is InChI=1S/C13H22O2/c1-12-7-5-3-4-6-10(11(12)14)13(2,15)9-8-12/h10,15H,3-9H2,1-2H3. The Labute approximate surface area is 92.1 Å². The Kier molecular flexibility index (Phi) is 2.66. The Morgan fingerprint density at radius 2 is 1.87 bits per heavy atom. The van der Waals surface area contributed by atoms with Gasteiger partial charge in [-0.25, -0.2) is 0 Å². The summed E-state index contributed by atoms with van der Waals surface area (Å²) in [7, 11) is 0. The summed E-state index contributed by atoms with van der Waals surface area (Å²) in [6.07, 6.45) is 7.07. The molecule has 0 saturated heterocycles. The van der Waals surface area contributed by atoms with E-state index in [-0.39, 0.29) is 11.3 Å². The molecule has 0 aromatic rings. The van der Waals surface area contributed by atoms with Gasteiger partial charge < -0.3 is 5.11 Å². The van der Waals surface area contributed by atoms with Crippen molar-refractivity contribution in [2.24, 2.45) is 11.3 Å². The highest BCUT2D eigenvalue weighted by Crippen LogP contribution is 2.47. The molecule has 0 amide bonds. The monoisotopic (exact) mass is 210 g/mol. The van der Waals surface area contributed by atoms with Gasteiger partial charge in [-0.1, -0.05) is 26.2 Å². The zero-order valence-electron chi connectivity index (χ0n) is 9.88. The van der Waals surface area contributed by atoms with Crippen LogP contribution in [0.4, 0.5) is 0 Å². The lowest BCUT2D eigenvalue weighted by Crippen LogP contribution is -2.51. The molecule has 2 heteroatoms. The SMILES string of the molecule is CC12CCCCCC(C1=O)C(C)(O)CC2. The number of hydrogen-bond acceptors (Lipinski definition) is 2. The molecule has 3 unspecified atom stereocenters. The third kappa shape index (κ3) is 1.84. The van der Waals surface area contributed by atoms with Gasteiger partial charge in [0.2, 0.25) is 0 Å². The average Bonchev–Trinajstić information content (AvgIpc) is 2.16. The lowest BCUT2D eigenvalue weighted by Gasteiger charge is -2.46. The summed E-state index contributed by atoms with van der Waals surface area (Å²) < 4.78 is 0. The van der Waals surface area contributed by atoms with Gasteiger partial charge >= 0.3 is 0 Å². The van der Waals surface area contributed by atoms with E-state index in [0.717, 1.165) is 32.1 Å². The van der Waals surface area contributed by atoms with Gasteiger partial charge in [0.05, 0.1) is 5.60 Å². The van der Waals surface area contributed by atoms with Crippen LogP contribution in [0.3, 0.4) is 0 Å². The highest BCUT2D eigenvalue weighted by Gasteiger charge is 2.50. The van der Waals surface area contributed by atoms with Gasteiger partial charge in [-0.15, -0.1) is 0 Å². The molecule has 15 heavy (non-hydrogen) atoms. The number of rotatable bonds is 0. The Morgan fingerprint density at radius 3 is 2.60 bits per heavy atom. The molecular weight excluding hydrogens is 188 g/mol. The first-order valence-corrected chi connectivity index (χ1v) is 6.22. The Morgan fingerprint density at radius 1 is 1.13 bits per heavy atom. The lowest BCUT2D eigenvalue weighted by molar-refractivity contribution is -0.152. The number of carbonyl (C=O) groups is 1. The summed E-state index contributed by atoms with van der Waals surface area (Å²) >= 11 is 0. The third-order valence-electron chi connectivity index (χ3n) is 4.57. The quantitative estimate of drug-likeness (QED) is 0.667. The number of hydrogen-bond donors (Lipinski definition) is 1. The third-order valence-corrected chi connectivity index (χ3v) is 4.57. The van der Waals surface area contributed by atoms with Crippen molar-refractivity contribution in [1.29, 1.82) is 0 Å². The van der Waals surface area contributed by atoms with Crippen molar-refractivity contribution in [3.63, 3.8) is 0 Å². The largest absolute Gasteiger partial charge is 0.389 e. The van der Waals surface area contributed by atoms with E-state index in [1.807, 2.05) is 6.92 Å². The van der Waals surface area contributed by atoms with Crippen molar-refractivity contribution in [3.05, 3.63) is 0 Å². The van der Waals surface area contributed by atoms with Crippen LogP contribution in [-0.4, -0.2) is 16.5 Å². The molecule has 2 nitrogen and oxygen atoms in total. The first-order valence-electron chi connectivity index (χ1n) is 6.22. The van der Waals surface area contributed by atoms with Gasteiger partial charge in [0, 0.05) is 11.3 Å². The normalized spacial score (nSPS) is 47.1. The minimum absolute atomic E-state index is 0.100. The van der Waals surface area contributed by atoms with E-state index in [1.54, 1.807) is 0 Å². The molecule has 86 valence electrons. The topological polar surface area (TPSA) is 37.3 Å². The Balaban J connectivity index is 2.28. The minimum Gasteiger partial charge on any atom is -0.389 e. The summed E-state index contributed by atoms with van der Waals surface area (Å²) in [5, 5.41) is 10.3. The molecule has 2 bridgehead atoms. The molecule has 0 aromatic carbocycles. The van der Waals surface area contributed by atoms with Crippen LogP contribution >= 0.6 is 0 Å². The van der Waals surface area contributed by atoms with Crippen molar-refractivity contribution in [3.8, 4) is 0 Å². The zero-order chi connectivity index (χ0) is 11.1. The summed E-state index contributed by atoms with van der Waals surface area (Å²) in [5.41, 5.74) is -0.874. The van der Waals surface area contributed by atoms with Crippen molar-refractivity contribution in [2.75, 3.05) is 0 Å². The molecule has 2 saturated carbocycles. The fourth-order valence-electron chi connectivity index (χ4n) is 3.26. The second-order valence-corrected chi connectivity index (χ2v) is 5.93. The Hall–Kier alpha value is -0.370. The molecule has 1 N–H and O–H groups in total. The molecule has 2 fully saturated rings. The first-order chi connectivity index (χ1) is 6.96. The summed E-state index contributed by atoms with van der Waals surface area (Å²) in [5.74, 6) is 0.231. The second kappa shape index (κ2) is 3.58. The van der Waals surface area contributed by atoms with Gasteiger partial charge in [-0.3, -0.25) is 4.79 Å². The first kappa shape index (κ1) is 11.1. The van der Waals surface area contributed by atoms with Crippen molar-refractivity contribution in [1.82, 2.24) is 0 Å². The van der Waals surface area contributed by atoms with E-state index in [1.165, 1.54) is 12.8 Å². The molecule has 2 aliphatic rings. The van der Waals surface area contributed by atoms with Crippen LogP contribution in [0.1, 0.15) is 58.8 Å². The van der Waals surface area contributed by atoms with Crippen molar-refractivity contribution < 1.29 is 9.90 Å². The molecule has 0 aromatic heterocycles. The van der Waals surface area contributed by atoms with Crippen LogP contribution in [0.25, 0.3) is 0 Å². The number of Topliss-reactive ketones (excluding diaryl/α,β-unsaturated/α-hetero) is 1. The Bertz CT molecular complexity index is 270. The second-order valence-electron chi connectivity index (χ2n) is 5.93. The van der Waals surface area contributed by atoms with Crippen LogP contribution in [0.15, 0.2) is 0 Å². The maximum Gasteiger partial charge on any atom is 0.144 e. The lowest BCUT2D eigenvalue weighted by atomic mass is 9.59. The molecule has 0 aliphatic heterocycles. The molecule has 0 heterocycles. The van der Waals surface area contributed by atoms with Gasteiger partial charge in [-0.2, -0.15) is 0 Å². The van der Waals surface area contributed by atoms with E-state index < -0.39 is 5.60 Å². The summed E-state index contributed by atoms with van der Waals surface area (Å²) in [6, 6.07) is 0. The maximum absolute atomic E-state index is 12.4. The van der Waals surface area contributed by atoms with E-state index >= 15 is 0 Å². The summed E-state index contributed by atoms with van der Waals surface area (Å²) in [4.78, 5) is 12.4. The molecule has 0 radical (unpaired) electrons. The zero-order valence-corrected chi connectivity index (χ0v) is 9.88. The predicted molar refractivity (Wildman–Crippen MR) is 59.5 cm³/mol. The van der Waals surface area contributed by atoms with Crippen molar-refractivity contribution in [2.45, 2.75) is 64.4 Å². The smallest absolute Gasteiger partial charge is 0.144 e. The molecule has 2 rings (SSSR count). The van der Waals surface area contributed by atoms with E-state index in [9.17, 15) is 9.90 Å². The fourth-order valence-corrected chi connectivity index (χ4v) is 3.26. The van der Waals surface area contributed by atoms with E-state index in [2.05, 4.69) is 6.92 Å². The molecule has 2 aliphatic carbocycles. The van der Waals surface area contributed by atoms with Crippen LogP contribution < -0.4 is 0 Å².